The molecular formula is C24H32O3Si. The van der Waals surface area contributed by atoms with Crippen LogP contribution >= 0.6 is 0 Å². The van der Waals surface area contributed by atoms with Crippen LogP contribution in [0.3, 0.4) is 0 Å². The highest BCUT2D eigenvalue weighted by Gasteiger charge is 2.50. The first-order chi connectivity index (χ1) is 13.3. The third-order valence-corrected chi connectivity index (χ3v) is 10.1. The van der Waals surface area contributed by atoms with Gasteiger partial charge in [0.1, 0.15) is 0 Å². The quantitative estimate of drug-likeness (QED) is 0.377. The molecule has 1 N–H and O–H groups in total. The predicted molar refractivity (Wildman–Crippen MR) is 119 cm³/mol. The Bertz CT molecular complexity index is 724. The van der Waals surface area contributed by atoms with Crippen molar-refractivity contribution in [3.05, 3.63) is 72.8 Å². The number of carboxylic acid groups (broad SMARTS) is 1. The molecule has 0 spiro atoms. The summed E-state index contributed by atoms with van der Waals surface area (Å²) in [4.78, 5) is 10.7. The van der Waals surface area contributed by atoms with Gasteiger partial charge in [-0.3, -0.25) is 4.79 Å². The Balaban J connectivity index is 2.36. The fraction of sp³-hybridized carbons (Fsp3) is 0.375. The Kier molecular flexibility index (Phi) is 7.78. The first-order valence-corrected chi connectivity index (χ1v) is 11.9. The maximum Gasteiger partial charge on any atom is 0.303 e. The fourth-order valence-electron chi connectivity index (χ4n) is 3.67. The molecule has 2 rings (SSSR count). The normalized spacial score (nSPS) is 13.6. The second-order valence-electron chi connectivity index (χ2n) is 8.20. The van der Waals surface area contributed by atoms with Crippen LogP contribution in [0, 0.1) is 0 Å². The van der Waals surface area contributed by atoms with E-state index in [4.69, 9.17) is 9.53 Å². The largest absolute Gasteiger partial charge is 0.481 e. The summed E-state index contributed by atoms with van der Waals surface area (Å²) in [5, 5.41) is 11.2. The summed E-state index contributed by atoms with van der Waals surface area (Å²) in [5.74, 6) is -0.745. The van der Waals surface area contributed by atoms with Crippen molar-refractivity contribution < 1.29 is 14.3 Å². The van der Waals surface area contributed by atoms with Crippen LogP contribution in [0.25, 0.3) is 0 Å². The highest BCUT2D eigenvalue weighted by atomic mass is 28.4. The van der Waals surface area contributed by atoms with E-state index in [1.807, 2.05) is 18.2 Å². The number of allylic oxidation sites excluding steroid dienone is 1. The monoisotopic (exact) mass is 396 g/mol. The molecule has 2 aromatic carbocycles. The van der Waals surface area contributed by atoms with Crippen LogP contribution in [-0.2, 0) is 9.22 Å². The van der Waals surface area contributed by atoms with E-state index in [1.54, 1.807) is 0 Å². The molecule has 0 unspecified atom stereocenters. The van der Waals surface area contributed by atoms with Crippen molar-refractivity contribution in [3.63, 3.8) is 0 Å². The summed E-state index contributed by atoms with van der Waals surface area (Å²) < 4.78 is 6.94. The zero-order chi connectivity index (χ0) is 20.6. The van der Waals surface area contributed by atoms with E-state index in [0.29, 0.717) is 6.42 Å². The van der Waals surface area contributed by atoms with Gasteiger partial charge in [-0.15, -0.1) is 0 Å². The van der Waals surface area contributed by atoms with Crippen LogP contribution in [0.1, 0.15) is 47.0 Å². The molecule has 2 aromatic rings. The number of carbonyl (C=O) groups is 1. The van der Waals surface area contributed by atoms with Gasteiger partial charge in [0.15, 0.2) is 0 Å². The highest BCUT2D eigenvalue weighted by molar-refractivity contribution is 6.99. The van der Waals surface area contributed by atoms with Crippen LogP contribution in [0.2, 0.25) is 5.04 Å². The number of carboxylic acids is 1. The molecule has 0 aliphatic rings. The van der Waals surface area contributed by atoms with Crippen molar-refractivity contribution in [1.29, 1.82) is 0 Å². The van der Waals surface area contributed by atoms with Gasteiger partial charge in [0.25, 0.3) is 8.32 Å². The number of aliphatic carboxylic acids is 1. The minimum Gasteiger partial charge on any atom is -0.481 e. The van der Waals surface area contributed by atoms with Gasteiger partial charge < -0.3 is 9.53 Å². The molecule has 3 nitrogen and oxygen atoms in total. The van der Waals surface area contributed by atoms with Crippen LogP contribution < -0.4 is 10.4 Å². The van der Waals surface area contributed by atoms with Gasteiger partial charge in [0, 0.05) is 6.42 Å². The van der Waals surface area contributed by atoms with Crippen LogP contribution in [0.5, 0.6) is 0 Å². The Hall–Kier alpha value is -2.17. The number of hydrogen-bond donors (Lipinski definition) is 1. The van der Waals surface area contributed by atoms with Crippen molar-refractivity contribution in [3.8, 4) is 0 Å². The molecule has 0 aliphatic carbocycles. The average molecular weight is 397 g/mol. The van der Waals surface area contributed by atoms with Crippen molar-refractivity contribution in [2.24, 2.45) is 0 Å². The molecule has 4 heteroatoms. The fourth-order valence-corrected chi connectivity index (χ4v) is 8.32. The summed E-state index contributed by atoms with van der Waals surface area (Å²) >= 11 is 0. The summed E-state index contributed by atoms with van der Waals surface area (Å²) in [6.45, 7) is 8.88. The first kappa shape index (κ1) is 22.1. The Morgan fingerprint density at radius 3 is 1.96 bits per heavy atom. The van der Waals surface area contributed by atoms with Gasteiger partial charge in [-0.2, -0.15) is 0 Å². The van der Waals surface area contributed by atoms with Crippen LogP contribution in [-0.4, -0.2) is 25.5 Å². The van der Waals surface area contributed by atoms with E-state index in [0.717, 1.165) is 6.42 Å². The van der Waals surface area contributed by atoms with E-state index in [9.17, 15) is 4.79 Å². The van der Waals surface area contributed by atoms with E-state index in [2.05, 4.69) is 82.3 Å². The molecule has 0 bridgehead atoms. The van der Waals surface area contributed by atoms with Crippen LogP contribution in [0.15, 0.2) is 72.8 Å². The molecular weight excluding hydrogens is 364 g/mol. The van der Waals surface area contributed by atoms with Gasteiger partial charge in [-0.05, 0) is 35.2 Å². The Morgan fingerprint density at radius 1 is 1.04 bits per heavy atom. The van der Waals surface area contributed by atoms with Gasteiger partial charge in [0.05, 0.1) is 6.10 Å². The number of benzene rings is 2. The van der Waals surface area contributed by atoms with Gasteiger partial charge >= 0.3 is 5.97 Å². The second-order valence-corrected chi connectivity index (χ2v) is 12.5. The van der Waals surface area contributed by atoms with E-state index < -0.39 is 14.3 Å². The Morgan fingerprint density at radius 2 is 1.54 bits per heavy atom. The molecule has 0 fully saturated rings. The molecule has 0 aliphatic heterocycles. The van der Waals surface area contributed by atoms with E-state index >= 15 is 0 Å². The predicted octanol–water partition coefficient (Wildman–Crippen LogP) is 4.76. The van der Waals surface area contributed by atoms with E-state index in [1.165, 1.54) is 10.4 Å². The lowest BCUT2D eigenvalue weighted by Crippen LogP contribution is -2.67. The lowest BCUT2D eigenvalue weighted by molar-refractivity contribution is -0.137. The minimum absolute atomic E-state index is 0.0545. The summed E-state index contributed by atoms with van der Waals surface area (Å²) in [6.07, 6.45) is 5.66. The SMILES string of the molecule is C[C@@H](/C=C/CCCC(=O)O)O[Si](c1ccccc1)(c1ccccc1)C(C)(C)C. The summed E-state index contributed by atoms with van der Waals surface area (Å²) in [5.41, 5.74) is 0. The zero-order valence-electron chi connectivity index (χ0n) is 17.4. The topological polar surface area (TPSA) is 46.5 Å². The third kappa shape index (κ3) is 5.43. The highest BCUT2D eigenvalue weighted by Crippen LogP contribution is 2.37. The average Bonchev–Trinajstić information content (AvgIpc) is 2.66. The molecule has 150 valence electrons. The van der Waals surface area contributed by atoms with Crippen molar-refractivity contribution in [2.75, 3.05) is 0 Å². The van der Waals surface area contributed by atoms with Crippen molar-refractivity contribution in [1.82, 2.24) is 0 Å². The number of hydrogen-bond acceptors (Lipinski definition) is 2. The molecule has 0 radical (unpaired) electrons. The molecule has 28 heavy (non-hydrogen) atoms. The maximum absolute atomic E-state index is 10.7. The minimum atomic E-state index is -2.54. The molecule has 0 aromatic heterocycles. The zero-order valence-corrected chi connectivity index (χ0v) is 18.4. The third-order valence-electron chi connectivity index (χ3n) is 4.95. The number of unbranched alkanes of at least 4 members (excludes halogenated alkanes) is 1. The van der Waals surface area contributed by atoms with Crippen LogP contribution in [0.4, 0.5) is 0 Å². The molecule has 0 saturated heterocycles. The molecule has 0 saturated carbocycles. The maximum atomic E-state index is 10.7. The van der Waals surface area contributed by atoms with E-state index in [-0.39, 0.29) is 17.6 Å². The molecule has 1 atom stereocenters. The lowest BCUT2D eigenvalue weighted by Gasteiger charge is -2.44. The lowest BCUT2D eigenvalue weighted by atomic mass is 10.2. The first-order valence-electron chi connectivity index (χ1n) is 9.94. The standard InChI is InChI=1S/C24H32O3Si/c1-20(14-8-5-13-19-23(25)26)27-28(24(2,3)4,21-15-9-6-10-16-21)22-17-11-7-12-18-22/h6-12,14-18,20H,5,13,19H2,1-4H3,(H,25,26)/b14-8+/t20-/m0/s1. The van der Waals surface area contributed by atoms with Gasteiger partial charge in [0.2, 0.25) is 0 Å². The second kappa shape index (κ2) is 9.85. The summed E-state index contributed by atoms with van der Waals surface area (Å²) in [6, 6.07) is 21.2. The van der Waals surface area contributed by atoms with Gasteiger partial charge in [-0.1, -0.05) is 93.6 Å². The van der Waals surface area contributed by atoms with Crippen molar-refractivity contribution >= 4 is 24.7 Å². The molecule has 0 amide bonds. The molecule has 0 heterocycles. The smallest absolute Gasteiger partial charge is 0.303 e. The number of rotatable bonds is 9. The summed E-state index contributed by atoms with van der Waals surface area (Å²) in [7, 11) is -2.54. The Labute approximate surface area is 170 Å². The van der Waals surface area contributed by atoms with Gasteiger partial charge in [-0.25, -0.2) is 0 Å². The van der Waals surface area contributed by atoms with Crippen molar-refractivity contribution in [2.45, 2.75) is 58.1 Å².